The molecule has 0 aliphatic heterocycles. The maximum atomic E-state index is 12.8. The molecule has 0 radical (unpaired) electrons. The lowest BCUT2D eigenvalue weighted by Gasteiger charge is -2.23. The van der Waals surface area contributed by atoms with Gasteiger partial charge in [-0.3, -0.25) is 13.8 Å². The van der Waals surface area contributed by atoms with E-state index in [2.05, 4.69) is 43.5 Å². The van der Waals surface area contributed by atoms with Gasteiger partial charge in [0.05, 0.1) is 25.4 Å². The Bertz CT molecular complexity index is 959. The molecule has 0 aliphatic carbocycles. The monoisotopic (exact) mass is 797 g/mol. The quantitative estimate of drug-likeness (QED) is 0.0274. The van der Waals surface area contributed by atoms with Crippen molar-refractivity contribution in [1.82, 2.24) is 5.32 Å². The smallest absolute Gasteiger partial charge is 0.387 e. The summed E-state index contributed by atoms with van der Waals surface area (Å²) in [4.78, 5) is 22.7. The number of phosphoric ester groups is 1. The highest BCUT2D eigenvalue weighted by atomic mass is 31.2. The van der Waals surface area contributed by atoms with Crippen molar-refractivity contribution < 1.29 is 28.4 Å². The van der Waals surface area contributed by atoms with Gasteiger partial charge < -0.3 is 21.1 Å². The summed E-state index contributed by atoms with van der Waals surface area (Å²) in [6.07, 6.45) is 50.6. The van der Waals surface area contributed by atoms with Crippen LogP contribution in [-0.4, -0.2) is 47.8 Å². The van der Waals surface area contributed by atoms with Crippen LogP contribution >= 0.6 is 7.82 Å². The number of hydrogen-bond donors (Lipinski definition) is 4. The van der Waals surface area contributed by atoms with Crippen molar-refractivity contribution in [3.63, 3.8) is 0 Å². The average Bonchev–Trinajstić information content (AvgIpc) is 3.17. The largest absolute Gasteiger partial charge is 0.472 e. The highest BCUT2D eigenvalue weighted by Crippen LogP contribution is 2.43. The predicted octanol–water partition coefficient (Wildman–Crippen LogP) is 13.1. The first-order chi connectivity index (χ1) is 26.9. The Morgan fingerprint density at radius 2 is 0.964 bits per heavy atom. The van der Waals surface area contributed by atoms with E-state index in [1.165, 1.54) is 154 Å². The minimum atomic E-state index is -4.35. The van der Waals surface area contributed by atoms with Crippen LogP contribution < -0.4 is 11.1 Å². The number of nitrogens with one attached hydrogen (secondary N) is 1. The number of carbonyl (C=O) groups is 1. The van der Waals surface area contributed by atoms with Crippen LogP contribution in [-0.2, 0) is 18.4 Å². The Labute approximate surface area is 340 Å². The van der Waals surface area contributed by atoms with Crippen molar-refractivity contribution in [1.29, 1.82) is 0 Å². The van der Waals surface area contributed by atoms with Gasteiger partial charge in [-0.1, -0.05) is 204 Å². The summed E-state index contributed by atoms with van der Waals surface area (Å²) in [5.74, 6) is -0.206. The van der Waals surface area contributed by atoms with Crippen LogP contribution in [0.5, 0.6) is 0 Å². The zero-order valence-corrected chi connectivity index (χ0v) is 36.8. The van der Waals surface area contributed by atoms with Gasteiger partial charge in [-0.2, -0.15) is 0 Å². The number of phosphoric acid groups is 1. The molecule has 5 N–H and O–H groups in total. The minimum Gasteiger partial charge on any atom is -0.387 e. The van der Waals surface area contributed by atoms with Gasteiger partial charge in [-0.05, 0) is 44.9 Å². The Balaban J connectivity index is 4.24. The van der Waals surface area contributed by atoms with E-state index in [0.717, 1.165) is 44.9 Å². The number of rotatable bonds is 43. The fourth-order valence-electron chi connectivity index (χ4n) is 6.69. The van der Waals surface area contributed by atoms with Crippen molar-refractivity contribution >= 4 is 13.7 Å². The maximum absolute atomic E-state index is 12.8. The molecule has 0 bridgehead atoms. The standard InChI is InChI=1S/C46H89N2O6P/c1-3-5-7-9-11-13-15-17-19-21-22-23-24-25-27-29-31-33-35-37-39-45(49)44(43-54-55(51,52)53-42-41-47)48-46(50)40-38-36-34-32-30-28-26-20-18-16-14-12-10-8-6-4-2/h23-24,29,31,37,39,44-45,49H,3-22,25-28,30,32-36,38,40-43,47H2,1-2H3,(H,48,50)(H,51,52)/b24-23+,31-29+,39-37+. The number of nitrogens with two attached hydrogens (primary N) is 1. The second kappa shape index (κ2) is 42.3. The Morgan fingerprint density at radius 3 is 1.40 bits per heavy atom. The number of unbranched alkanes of at least 4 members (excludes halogenated alkanes) is 27. The van der Waals surface area contributed by atoms with Crippen molar-refractivity contribution in [3.05, 3.63) is 36.5 Å². The summed E-state index contributed by atoms with van der Waals surface area (Å²) in [6.45, 7) is 4.12. The number of carbonyl (C=O) groups excluding carboxylic acids is 1. The van der Waals surface area contributed by atoms with E-state index in [-0.39, 0.29) is 25.7 Å². The molecule has 0 fully saturated rings. The van der Waals surface area contributed by atoms with Crippen molar-refractivity contribution in [2.45, 2.75) is 231 Å². The lowest BCUT2D eigenvalue weighted by molar-refractivity contribution is -0.123. The van der Waals surface area contributed by atoms with E-state index in [1.54, 1.807) is 6.08 Å². The lowest BCUT2D eigenvalue weighted by atomic mass is 10.0. The third-order valence-corrected chi connectivity index (χ3v) is 11.2. The second-order valence-electron chi connectivity index (χ2n) is 15.6. The lowest BCUT2D eigenvalue weighted by Crippen LogP contribution is -2.45. The summed E-state index contributed by atoms with van der Waals surface area (Å²) in [6, 6.07) is -0.880. The molecule has 55 heavy (non-hydrogen) atoms. The zero-order valence-electron chi connectivity index (χ0n) is 35.9. The first-order valence-corrected chi connectivity index (χ1v) is 24.6. The Morgan fingerprint density at radius 1 is 0.582 bits per heavy atom. The fraction of sp³-hybridized carbons (Fsp3) is 0.848. The van der Waals surface area contributed by atoms with Crippen LogP contribution in [0.15, 0.2) is 36.5 Å². The first kappa shape index (κ1) is 53.7. The summed E-state index contributed by atoms with van der Waals surface area (Å²) in [5, 5.41) is 13.7. The van der Waals surface area contributed by atoms with Gasteiger partial charge >= 0.3 is 7.82 Å². The van der Waals surface area contributed by atoms with Crippen LogP contribution in [0, 0.1) is 0 Å². The second-order valence-corrected chi connectivity index (χ2v) is 17.1. The highest BCUT2D eigenvalue weighted by molar-refractivity contribution is 7.47. The van der Waals surface area contributed by atoms with E-state index >= 15 is 0 Å². The van der Waals surface area contributed by atoms with E-state index < -0.39 is 20.0 Å². The zero-order chi connectivity index (χ0) is 40.3. The molecule has 1 amide bonds. The van der Waals surface area contributed by atoms with Gasteiger partial charge in [0.25, 0.3) is 0 Å². The van der Waals surface area contributed by atoms with Gasteiger partial charge in [0, 0.05) is 13.0 Å². The molecule has 0 aliphatic rings. The van der Waals surface area contributed by atoms with Crippen LogP contribution in [0.1, 0.15) is 219 Å². The van der Waals surface area contributed by atoms with Crippen LogP contribution in [0.2, 0.25) is 0 Å². The number of aliphatic hydroxyl groups is 1. The van der Waals surface area contributed by atoms with Gasteiger partial charge in [0.2, 0.25) is 5.91 Å². The molecule has 0 rings (SSSR count). The van der Waals surface area contributed by atoms with Gasteiger partial charge in [0.1, 0.15) is 0 Å². The molecule has 0 aromatic rings. The Hall–Kier alpha value is -1.28. The van der Waals surface area contributed by atoms with Crippen molar-refractivity contribution in [3.8, 4) is 0 Å². The van der Waals surface area contributed by atoms with E-state index in [4.69, 9.17) is 14.8 Å². The molecule has 9 heteroatoms. The van der Waals surface area contributed by atoms with Crippen LogP contribution in [0.3, 0.4) is 0 Å². The van der Waals surface area contributed by atoms with Gasteiger partial charge in [-0.15, -0.1) is 0 Å². The molecule has 0 saturated heterocycles. The first-order valence-electron chi connectivity index (χ1n) is 23.1. The van der Waals surface area contributed by atoms with Crippen LogP contribution in [0.25, 0.3) is 0 Å². The van der Waals surface area contributed by atoms with E-state index in [9.17, 15) is 19.4 Å². The van der Waals surface area contributed by atoms with E-state index in [0.29, 0.717) is 6.42 Å². The molecule has 8 nitrogen and oxygen atoms in total. The number of hydrogen-bond acceptors (Lipinski definition) is 6. The molecule has 0 spiro atoms. The highest BCUT2D eigenvalue weighted by Gasteiger charge is 2.26. The molecule has 0 saturated carbocycles. The van der Waals surface area contributed by atoms with Crippen molar-refractivity contribution in [2.24, 2.45) is 5.73 Å². The molecule has 324 valence electrons. The SMILES string of the molecule is CCCCCCCCCCCC/C=C/CC/C=C/CC/C=C/C(O)C(COP(=O)(O)OCCN)NC(=O)CCCCCCCCCCCCCCCCCC. The average molecular weight is 797 g/mol. The number of allylic oxidation sites excluding steroid dienone is 5. The maximum Gasteiger partial charge on any atom is 0.472 e. The molecule has 0 aromatic heterocycles. The molecule has 0 aromatic carbocycles. The molecular weight excluding hydrogens is 707 g/mol. The molecule has 3 atom stereocenters. The topological polar surface area (TPSA) is 131 Å². The summed E-state index contributed by atoms with van der Waals surface area (Å²) in [5.41, 5.74) is 5.38. The minimum absolute atomic E-state index is 0.0728. The summed E-state index contributed by atoms with van der Waals surface area (Å²) in [7, 11) is -4.35. The normalized spacial score (nSPS) is 14.3. The third kappa shape index (κ3) is 40.7. The summed E-state index contributed by atoms with van der Waals surface area (Å²) < 4.78 is 22.1. The number of aliphatic hydroxyl groups excluding tert-OH is 1. The van der Waals surface area contributed by atoms with Crippen molar-refractivity contribution in [2.75, 3.05) is 19.8 Å². The molecule has 0 heterocycles. The van der Waals surface area contributed by atoms with Crippen LogP contribution in [0.4, 0.5) is 0 Å². The van der Waals surface area contributed by atoms with Gasteiger partial charge in [-0.25, -0.2) is 4.57 Å². The number of amides is 1. The van der Waals surface area contributed by atoms with E-state index in [1.807, 2.05) is 6.08 Å². The molecule has 3 unspecified atom stereocenters. The Kier molecular flexibility index (Phi) is 41.3. The predicted molar refractivity (Wildman–Crippen MR) is 235 cm³/mol. The fourth-order valence-corrected chi connectivity index (χ4v) is 7.45. The molecular formula is C46H89N2O6P. The van der Waals surface area contributed by atoms with Gasteiger partial charge in [0.15, 0.2) is 0 Å². The third-order valence-electron chi connectivity index (χ3n) is 10.2. The summed E-state index contributed by atoms with van der Waals surface area (Å²) >= 11 is 0.